The van der Waals surface area contributed by atoms with Gasteiger partial charge in [-0.2, -0.15) is 0 Å². The van der Waals surface area contributed by atoms with Crippen molar-refractivity contribution in [3.05, 3.63) is 45.4 Å². The van der Waals surface area contributed by atoms with Crippen LogP contribution in [0.25, 0.3) is 0 Å². The van der Waals surface area contributed by atoms with Gasteiger partial charge < -0.3 is 36.0 Å². The molecular formula is C25H28N4O7. The van der Waals surface area contributed by atoms with Crippen LogP contribution in [-0.2, 0) is 16.0 Å². The molecule has 0 radical (unpaired) electrons. The number of hydrogen-bond donors (Lipinski definition) is 5. The standard InChI is InChI=1S/C25H28N4O7/c1-28(2)14-7-13(15-8-27-9-29(15)3)20(31)18-12(14)5-10-4-11-6-16(30)19(24(26)35)23(34)25(11,36)22(33)17(10)21(18)32/h7,9-11,15,30-31,33,36H,4-6,8H2,1-3H3,(H2,26,35)/t10-,11+,15?,25+/m1/s1. The molecular weight excluding hydrogens is 468 g/mol. The van der Waals surface area contributed by atoms with Crippen molar-refractivity contribution in [1.29, 1.82) is 0 Å². The number of aliphatic hydroxyl groups is 3. The van der Waals surface area contributed by atoms with Gasteiger partial charge >= 0.3 is 0 Å². The molecule has 1 amide bonds. The zero-order chi connectivity index (χ0) is 26.3. The number of likely N-dealkylation sites (N-methyl/N-ethyl adjacent to an activating group) is 1. The number of fused-ring (bicyclic) bond motifs is 3. The number of aliphatic hydroxyl groups excluding tert-OH is 2. The van der Waals surface area contributed by atoms with Crippen LogP contribution in [0.15, 0.2) is 33.7 Å². The Morgan fingerprint density at radius 1 is 1.22 bits per heavy atom. The number of phenolic OH excluding ortho intramolecular Hbond substituents is 1. The highest BCUT2D eigenvalue weighted by Gasteiger charge is 2.59. The molecule has 6 N–H and O–H groups in total. The van der Waals surface area contributed by atoms with E-state index >= 15 is 0 Å². The molecule has 1 heterocycles. The van der Waals surface area contributed by atoms with E-state index in [-0.39, 0.29) is 42.2 Å². The number of rotatable bonds is 3. The van der Waals surface area contributed by atoms with Crippen molar-refractivity contribution in [2.24, 2.45) is 22.6 Å². The molecule has 0 saturated heterocycles. The summed E-state index contributed by atoms with van der Waals surface area (Å²) in [6.45, 7) is 0.391. The van der Waals surface area contributed by atoms with Gasteiger partial charge in [0.15, 0.2) is 11.4 Å². The van der Waals surface area contributed by atoms with Gasteiger partial charge in [-0.15, -0.1) is 0 Å². The third kappa shape index (κ3) is 3.01. The Bertz CT molecular complexity index is 1330. The van der Waals surface area contributed by atoms with Gasteiger partial charge in [0, 0.05) is 50.3 Å². The van der Waals surface area contributed by atoms with E-state index in [0.717, 1.165) is 5.69 Å². The minimum absolute atomic E-state index is 0.00752. The van der Waals surface area contributed by atoms with Gasteiger partial charge in [0.2, 0.25) is 5.78 Å². The number of carbonyl (C=O) groups excluding carboxylic acids is 3. The smallest absolute Gasteiger partial charge is 0.255 e. The summed E-state index contributed by atoms with van der Waals surface area (Å²) in [5, 5.41) is 44.2. The van der Waals surface area contributed by atoms with Crippen molar-refractivity contribution in [2.75, 3.05) is 32.6 Å². The Hall–Kier alpha value is -3.86. The van der Waals surface area contributed by atoms with Crippen LogP contribution in [-0.4, -0.2) is 82.4 Å². The van der Waals surface area contributed by atoms with Crippen LogP contribution in [0.4, 0.5) is 5.69 Å². The molecule has 5 rings (SSSR count). The molecule has 190 valence electrons. The molecule has 4 atom stereocenters. The van der Waals surface area contributed by atoms with E-state index < -0.39 is 52.0 Å². The Morgan fingerprint density at radius 2 is 1.92 bits per heavy atom. The van der Waals surface area contributed by atoms with Gasteiger partial charge in [0.25, 0.3) is 5.91 Å². The number of amides is 1. The lowest BCUT2D eigenvalue weighted by Gasteiger charge is -2.46. The summed E-state index contributed by atoms with van der Waals surface area (Å²) < 4.78 is 0. The second-order valence-corrected chi connectivity index (χ2v) is 10.2. The summed E-state index contributed by atoms with van der Waals surface area (Å²) in [5.74, 6) is -6.33. The number of hydrogen-bond acceptors (Lipinski definition) is 10. The summed E-state index contributed by atoms with van der Waals surface area (Å²) in [7, 11) is 5.46. The van der Waals surface area contributed by atoms with Gasteiger partial charge in [0.1, 0.15) is 22.8 Å². The molecule has 1 unspecified atom stereocenters. The zero-order valence-corrected chi connectivity index (χ0v) is 20.1. The number of primary amides is 1. The number of allylic oxidation sites excluding steroid dienone is 2. The van der Waals surface area contributed by atoms with Gasteiger partial charge in [0.05, 0.1) is 24.5 Å². The number of aromatic hydroxyl groups is 1. The molecule has 36 heavy (non-hydrogen) atoms. The molecule has 1 aliphatic heterocycles. The number of nitrogens with zero attached hydrogens (tertiary/aromatic N) is 3. The fraction of sp³-hybridized carbons (Fsp3) is 0.440. The SMILES string of the molecule is CN(C)c1cc(C2CN=CN2C)c(O)c2c1C[C@H]1C[C@H]3CC(O)=C(C(N)=O)C(=O)[C@@]3(O)C(O)=C1C2=O. The van der Waals surface area contributed by atoms with Crippen LogP contribution in [0.5, 0.6) is 5.75 Å². The maximum atomic E-state index is 13.9. The monoisotopic (exact) mass is 496 g/mol. The van der Waals surface area contributed by atoms with Gasteiger partial charge in [-0.05, 0) is 30.4 Å². The van der Waals surface area contributed by atoms with Gasteiger partial charge in [-0.25, -0.2) is 0 Å². The first kappa shape index (κ1) is 23.9. The number of ketones is 2. The van der Waals surface area contributed by atoms with Gasteiger partial charge in [-0.1, -0.05) is 0 Å². The summed E-state index contributed by atoms with van der Waals surface area (Å²) in [4.78, 5) is 46.7. The van der Waals surface area contributed by atoms with E-state index in [1.165, 1.54) is 0 Å². The van der Waals surface area contributed by atoms with Crippen LogP contribution in [0.1, 0.15) is 40.4 Å². The molecule has 1 aromatic carbocycles. The fourth-order valence-corrected chi connectivity index (χ4v) is 6.14. The highest BCUT2D eigenvalue weighted by atomic mass is 16.3. The summed E-state index contributed by atoms with van der Waals surface area (Å²) in [6.07, 6.45) is 1.74. The van der Waals surface area contributed by atoms with Crippen LogP contribution in [0, 0.1) is 11.8 Å². The summed E-state index contributed by atoms with van der Waals surface area (Å²) in [6, 6.07) is 1.54. The number of phenols is 1. The van der Waals surface area contributed by atoms with E-state index in [9.17, 15) is 34.8 Å². The van der Waals surface area contributed by atoms with Crippen molar-refractivity contribution in [1.82, 2.24) is 4.90 Å². The molecule has 11 heteroatoms. The minimum Gasteiger partial charge on any atom is -0.511 e. The summed E-state index contributed by atoms with van der Waals surface area (Å²) in [5.41, 5.74) is 3.53. The first-order valence-corrected chi connectivity index (χ1v) is 11.6. The van der Waals surface area contributed by atoms with Crippen molar-refractivity contribution >= 4 is 29.5 Å². The van der Waals surface area contributed by atoms with Crippen molar-refractivity contribution < 1.29 is 34.8 Å². The van der Waals surface area contributed by atoms with Crippen molar-refractivity contribution in [3.8, 4) is 5.75 Å². The highest BCUT2D eigenvalue weighted by Crippen LogP contribution is 2.53. The third-order valence-corrected chi connectivity index (χ3v) is 7.94. The van der Waals surface area contributed by atoms with Crippen LogP contribution in [0.3, 0.4) is 0 Å². The highest BCUT2D eigenvalue weighted by molar-refractivity contribution is 6.24. The van der Waals surface area contributed by atoms with Gasteiger partial charge in [-0.3, -0.25) is 19.4 Å². The maximum Gasteiger partial charge on any atom is 0.255 e. The Labute approximate surface area is 206 Å². The molecule has 0 saturated carbocycles. The van der Waals surface area contributed by atoms with E-state index in [2.05, 4.69) is 4.99 Å². The number of Topliss-reactive ketones (excluding diaryl/α,β-unsaturated/α-hetero) is 2. The zero-order valence-electron chi connectivity index (χ0n) is 20.1. The fourth-order valence-electron chi connectivity index (χ4n) is 6.14. The second kappa shape index (κ2) is 7.82. The number of anilines is 1. The number of carbonyl (C=O) groups is 3. The Morgan fingerprint density at radius 3 is 2.50 bits per heavy atom. The molecule has 0 fully saturated rings. The predicted octanol–water partition coefficient (Wildman–Crippen LogP) is 0.661. The lowest BCUT2D eigenvalue weighted by Crippen LogP contribution is -2.57. The maximum absolute atomic E-state index is 13.9. The first-order chi connectivity index (χ1) is 16.9. The summed E-state index contributed by atoms with van der Waals surface area (Å²) >= 11 is 0. The van der Waals surface area contributed by atoms with E-state index in [1.54, 1.807) is 6.34 Å². The number of aliphatic imine (C=N–C) groups is 1. The topological polar surface area (TPSA) is 177 Å². The van der Waals surface area contributed by atoms with Crippen molar-refractivity contribution in [3.63, 3.8) is 0 Å². The number of nitrogens with two attached hydrogens (primary N) is 1. The van der Waals surface area contributed by atoms with Crippen LogP contribution >= 0.6 is 0 Å². The molecule has 1 aromatic rings. The minimum atomic E-state index is -2.58. The van der Waals surface area contributed by atoms with E-state index in [1.807, 2.05) is 37.0 Å². The molecule has 0 bridgehead atoms. The van der Waals surface area contributed by atoms with E-state index in [4.69, 9.17) is 5.73 Å². The molecule has 4 aliphatic rings. The second-order valence-electron chi connectivity index (χ2n) is 10.2. The van der Waals surface area contributed by atoms with E-state index in [0.29, 0.717) is 17.7 Å². The van der Waals surface area contributed by atoms with Crippen LogP contribution in [0.2, 0.25) is 0 Å². The average molecular weight is 497 g/mol. The normalized spacial score (nSPS) is 29.3. The van der Waals surface area contributed by atoms with Crippen molar-refractivity contribution in [2.45, 2.75) is 30.9 Å². The molecule has 0 spiro atoms. The van der Waals surface area contributed by atoms with Crippen LogP contribution < -0.4 is 10.6 Å². The molecule has 0 aromatic heterocycles. The Balaban J connectivity index is 1.70. The average Bonchev–Trinajstić information content (AvgIpc) is 3.21. The lowest BCUT2D eigenvalue weighted by atomic mass is 9.60. The largest absolute Gasteiger partial charge is 0.511 e. The number of benzene rings is 1. The molecule has 11 nitrogen and oxygen atoms in total. The Kier molecular flexibility index (Phi) is 5.18. The molecule has 3 aliphatic carbocycles. The third-order valence-electron chi connectivity index (χ3n) is 7.94. The lowest BCUT2D eigenvalue weighted by molar-refractivity contribution is -0.144. The quantitative estimate of drug-likeness (QED) is 0.376. The first-order valence-electron chi connectivity index (χ1n) is 11.6. The predicted molar refractivity (Wildman–Crippen MR) is 129 cm³/mol.